The van der Waals surface area contributed by atoms with Gasteiger partial charge in [0, 0.05) is 25.0 Å². The minimum atomic E-state index is -0.517. The van der Waals surface area contributed by atoms with Gasteiger partial charge in [0.15, 0.2) is 0 Å². The first-order valence-corrected chi connectivity index (χ1v) is 7.91. The second kappa shape index (κ2) is 10.1. The van der Waals surface area contributed by atoms with Crippen molar-refractivity contribution in [2.75, 3.05) is 18.5 Å². The van der Waals surface area contributed by atoms with Gasteiger partial charge in [0.25, 0.3) is 5.91 Å². The number of carbonyl (C=O) groups is 1. The van der Waals surface area contributed by atoms with Crippen LogP contribution in [-0.4, -0.2) is 25.2 Å². The lowest BCUT2D eigenvalue weighted by Gasteiger charge is -2.08. The first kappa shape index (κ1) is 19.3. The van der Waals surface area contributed by atoms with Gasteiger partial charge in [0.1, 0.15) is 11.6 Å². The van der Waals surface area contributed by atoms with Crippen molar-refractivity contribution in [3.63, 3.8) is 0 Å². The first-order valence-electron chi connectivity index (χ1n) is 7.15. The highest BCUT2D eigenvalue weighted by atomic mass is 35.5. The largest absolute Gasteiger partial charge is 0.390 e. The molecule has 23 heavy (non-hydrogen) atoms. The molecule has 5 nitrogen and oxygen atoms in total. The molecule has 0 spiro atoms. The maximum atomic E-state index is 12.0. The summed E-state index contributed by atoms with van der Waals surface area (Å²) >= 11 is 11.7. The molecule has 1 aromatic rings. The molecule has 0 saturated carbocycles. The van der Waals surface area contributed by atoms with Crippen LogP contribution in [0.5, 0.6) is 0 Å². The van der Waals surface area contributed by atoms with E-state index >= 15 is 0 Å². The van der Waals surface area contributed by atoms with Gasteiger partial charge in [0.05, 0.1) is 16.1 Å². The van der Waals surface area contributed by atoms with Gasteiger partial charge in [-0.25, -0.2) is 0 Å². The maximum absolute atomic E-state index is 12.0. The van der Waals surface area contributed by atoms with Crippen molar-refractivity contribution >= 4 is 34.8 Å². The molecule has 0 heterocycles. The van der Waals surface area contributed by atoms with Crippen LogP contribution in [0.1, 0.15) is 20.3 Å². The highest BCUT2D eigenvalue weighted by molar-refractivity contribution is 6.42. The molecule has 1 amide bonds. The third-order valence-corrected chi connectivity index (χ3v) is 3.44. The first-order chi connectivity index (χ1) is 10.9. The Kier molecular flexibility index (Phi) is 8.49. The van der Waals surface area contributed by atoms with E-state index < -0.39 is 5.91 Å². The molecular formula is C16H19Cl2N3O2. The molecule has 1 rings (SSSR count). The minimum absolute atomic E-state index is 0.0270. The summed E-state index contributed by atoms with van der Waals surface area (Å²) in [6.07, 6.45) is 2.36. The van der Waals surface area contributed by atoms with Crippen LogP contribution in [-0.2, 0) is 9.53 Å². The Morgan fingerprint density at radius 1 is 1.39 bits per heavy atom. The molecule has 0 aliphatic rings. The number of halogens is 2. The van der Waals surface area contributed by atoms with E-state index in [4.69, 9.17) is 33.2 Å². The Morgan fingerprint density at radius 3 is 2.74 bits per heavy atom. The zero-order valence-corrected chi connectivity index (χ0v) is 14.5. The molecule has 0 fully saturated rings. The number of ether oxygens (including phenoxy) is 1. The van der Waals surface area contributed by atoms with Gasteiger partial charge in [-0.3, -0.25) is 4.79 Å². The van der Waals surface area contributed by atoms with E-state index in [0.29, 0.717) is 28.9 Å². The lowest BCUT2D eigenvalue weighted by atomic mass is 10.2. The number of carbonyl (C=O) groups excluding carboxylic acids is 1. The number of hydrogen-bond donors (Lipinski definition) is 2. The van der Waals surface area contributed by atoms with Gasteiger partial charge >= 0.3 is 0 Å². The van der Waals surface area contributed by atoms with E-state index in [2.05, 4.69) is 10.6 Å². The van der Waals surface area contributed by atoms with Crippen molar-refractivity contribution in [3.05, 3.63) is 40.0 Å². The van der Waals surface area contributed by atoms with Crippen LogP contribution in [0.4, 0.5) is 5.69 Å². The SMILES string of the molecule is CC(C)OCCCN/C=C(/C#N)C(=O)Nc1ccc(Cl)c(Cl)c1. The topological polar surface area (TPSA) is 74.1 Å². The number of hydrogen-bond acceptors (Lipinski definition) is 4. The summed E-state index contributed by atoms with van der Waals surface area (Å²) in [5.41, 5.74) is 0.441. The van der Waals surface area contributed by atoms with Crippen LogP contribution >= 0.6 is 23.2 Å². The van der Waals surface area contributed by atoms with E-state index in [1.165, 1.54) is 12.3 Å². The lowest BCUT2D eigenvalue weighted by molar-refractivity contribution is -0.112. The van der Waals surface area contributed by atoms with E-state index in [-0.39, 0.29) is 11.7 Å². The monoisotopic (exact) mass is 355 g/mol. The van der Waals surface area contributed by atoms with E-state index in [1.807, 2.05) is 19.9 Å². The van der Waals surface area contributed by atoms with Gasteiger partial charge in [0.2, 0.25) is 0 Å². The normalized spacial score (nSPS) is 11.2. The second-order valence-corrected chi connectivity index (χ2v) is 5.79. The molecule has 0 radical (unpaired) electrons. The highest BCUT2D eigenvalue weighted by Crippen LogP contribution is 2.25. The van der Waals surface area contributed by atoms with Gasteiger partial charge in [-0.05, 0) is 38.5 Å². The molecule has 1 aromatic carbocycles. The summed E-state index contributed by atoms with van der Waals surface area (Å²) < 4.78 is 5.39. The fourth-order valence-electron chi connectivity index (χ4n) is 1.59. The number of benzene rings is 1. The summed E-state index contributed by atoms with van der Waals surface area (Å²) in [7, 11) is 0. The summed E-state index contributed by atoms with van der Waals surface area (Å²) in [5, 5.41) is 15.3. The average Bonchev–Trinajstić information content (AvgIpc) is 2.50. The Hall–Kier alpha value is -1.74. The van der Waals surface area contributed by atoms with Gasteiger partial charge in [-0.15, -0.1) is 0 Å². The molecule has 124 valence electrons. The minimum Gasteiger partial charge on any atom is -0.390 e. The van der Waals surface area contributed by atoms with Crippen LogP contribution in [0.15, 0.2) is 30.0 Å². The number of rotatable bonds is 8. The maximum Gasteiger partial charge on any atom is 0.267 e. The summed E-state index contributed by atoms with van der Waals surface area (Å²) in [6.45, 7) is 5.16. The molecule has 7 heteroatoms. The predicted octanol–water partition coefficient (Wildman–Crippen LogP) is 3.74. The number of nitriles is 1. The van der Waals surface area contributed by atoms with E-state index in [9.17, 15) is 4.79 Å². The lowest BCUT2D eigenvalue weighted by Crippen LogP contribution is -2.18. The highest BCUT2D eigenvalue weighted by Gasteiger charge is 2.10. The van der Waals surface area contributed by atoms with Crippen LogP contribution in [0, 0.1) is 11.3 Å². The zero-order valence-electron chi connectivity index (χ0n) is 13.0. The molecule has 0 aromatic heterocycles. The van der Waals surface area contributed by atoms with Gasteiger partial charge in [-0.2, -0.15) is 5.26 Å². The van der Waals surface area contributed by atoms with Crippen LogP contribution in [0.25, 0.3) is 0 Å². The Morgan fingerprint density at radius 2 is 2.13 bits per heavy atom. The standard InChI is InChI=1S/C16H19Cl2N3O2/c1-11(2)23-7-3-6-20-10-12(9-19)16(22)21-13-4-5-14(17)15(18)8-13/h4-5,8,10-11,20H,3,6-7H2,1-2H3,(H,21,22)/b12-10-. The quantitative estimate of drug-likeness (QED) is 0.423. The second-order valence-electron chi connectivity index (χ2n) is 4.98. The number of nitrogens with zero attached hydrogens (tertiary/aromatic N) is 1. The number of amides is 1. The Labute approximate surface area is 146 Å². The smallest absolute Gasteiger partial charge is 0.267 e. The summed E-state index contributed by atoms with van der Waals surface area (Å²) in [6, 6.07) is 6.56. The predicted molar refractivity (Wildman–Crippen MR) is 92.5 cm³/mol. The van der Waals surface area contributed by atoms with Crippen LogP contribution in [0.2, 0.25) is 10.0 Å². The van der Waals surface area contributed by atoms with Crippen molar-refractivity contribution in [3.8, 4) is 6.07 Å². The summed E-state index contributed by atoms with van der Waals surface area (Å²) in [4.78, 5) is 12.0. The molecule has 0 atom stereocenters. The third-order valence-electron chi connectivity index (χ3n) is 2.71. The summed E-state index contributed by atoms with van der Waals surface area (Å²) in [5.74, 6) is -0.517. The Balaban J connectivity index is 2.49. The fourth-order valence-corrected chi connectivity index (χ4v) is 1.89. The number of nitrogens with one attached hydrogen (secondary N) is 2. The third kappa shape index (κ3) is 7.38. The van der Waals surface area contributed by atoms with Crippen molar-refractivity contribution in [2.45, 2.75) is 26.4 Å². The number of anilines is 1. The van der Waals surface area contributed by atoms with Gasteiger partial charge < -0.3 is 15.4 Å². The van der Waals surface area contributed by atoms with Crippen molar-refractivity contribution < 1.29 is 9.53 Å². The van der Waals surface area contributed by atoms with Crippen LogP contribution < -0.4 is 10.6 Å². The van der Waals surface area contributed by atoms with Crippen LogP contribution in [0.3, 0.4) is 0 Å². The van der Waals surface area contributed by atoms with E-state index in [0.717, 1.165) is 6.42 Å². The molecule has 2 N–H and O–H groups in total. The molecule has 0 aliphatic carbocycles. The molecule has 0 bridgehead atoms. The van der Waals surface area contributed by atoms with Crippen molar-refractivity contribution in [2.24, 2.45) is 0 Å². The average molecular weight is 356 g/mol. The molecule has 0 saturated heterocycles. The van der Waals surface area contributed by atoms with Crippen molar-refractivity contribution in [1.82, 2.24) is 5.32 Å². The molecule has 0 unspecified atom stereocenters. The molecular weight excluding hydrogens is 337 g/mol. The van der Waals surface area contributed by atoms with E-state index in [1.54, 1.807) is 12.1 Å². The Bertz CT molecular complexity index is 610. The van der Waals surface area contributed by atoms with Crippen molar-refractivity contribution in [1.29, 1.82) is 5.26 Å². The zero-order chi connectivity index (χ0) is 17.2. The fraction of sp³-hybridized carbons (Fsp3) is 0.375. The van der Waals surface area contributed by atoms with Gasteiger partial charge in [-0.1, -0.05) is 23.2 Å². The molecule has 0 aliphatic heterocycles.